The van der Waals surface area contributed by atoms with Gasteiger partial charge < -0.3 is 0 Å². The van der Waals surface area contributed by atoms with Crippen LogP contribution < -0.4 is 0 Å². The molecule has 4 heteroatoms. The molecule has 0 aromatic carbocycles. The fourth-order valence-electron chi connectivity index (χ4n) is 2.82. The number of aryl methyl sites for hydroxylation is 2. The topological polar surface area (TPSA) is 54.4 Å². The van der Waals surface area contributed by atoms with Gasteiger partial charge in [0.25, 0.3) is 10.1 Å². The van der Waals surface area contributed by atoms with E-state index in [1.165, 1.54) is 0 Å². The Morgan fingerprint density at radius 1 is 1.19 bits per heavy atom. The fourth-order valence-corrected chi connectivity index (χ4v) is 3.56. The van der Waals surface area contributed by atoms with Crippen LogP contribution in [0.25, 0.3) is 11.1 Å². The van der Waals surface area contributed by atoms with Gasteiger partial charge in [-0.2, -0.15) is 8.42 Å². The second-order valence-electron chi connectivity index (χ2n) is 5.86. The molecule has 0 fully saturated rings. The van der Waals surface area contributed by atoms with E-state index in [0.717, 1.165) is 35.1 Å². The van der Waals surface area contributed by atoms with E-state index in [-0.39, 0.29) is 4.90 Å². The number of rotatable bonds is 4. The van der Waals surface area contributed by atoms with Crippen molar-refractivity contribution in [3.05, 3.63) is 41.0 Å². The van der Waals surface area contributed by atoms with Crippen molar-refractivity contribution in [2.45, 2.75) is 51.3 Å². The van der Waals surface area contributed by atoms with Crippen LogP contribution in [-0.2, 0) is 16.5 Å². The minimum absolute atomic E-state index is 0.0231. The predicted octanol–water partition coefficient (Wildman–Crippen LogP) is 4.42. The van der Waals surface area contributed by atoms with E-state index in [1.54, 1.807) is 6.07 Å². The van der Waals surface area contributed by atoms with Gasteiger partial charge in [-0.05, 0) is 47.6 Å². The quantitative estimate of drug-likeness (QED) is 0.851. The summed E-state index contributed by atoms with van der Waals surface area (Å²) in [5, 5.41) is 0. The van der Waals surface area contributed by atoms with Crippen molar-refractivity contribution in [2.24, 2.45) is 0 Å². The van der Waals surface area contributed by atoms with Crippen LogP contribution in [0.15, 0.2) is 29.2 Å². The first-order chi connectivity index (χ1) is 9.75. The van der Waals surface area contributed by atoms with Gasteiger partial charge in [-0.15, -0.1) is 0 Å². The molecule has 2 aliphatic carbocycles. The third-order valence-corrected chi connectivity index (χ3v) is 4.74. The van der Waals surface area contributed by atoms with Crippen LogP contribution in [0.1, 0.15) is 49.8 Å². The van der Waals surface area contributed by atoms with Crippen molar-refractivity contribution in [3.8, 4) is 11.1 Å². The minimum atomic E-state index is -4.21. The van der Waals surface area contributed by atoms with Gasteiger partial charge in [0.1, 0.15) is 4.90 Å². The van der Waals surface area contributed by atoms with Crippen LogP contribution in [0.3, 0.4) is 0 Å². The molecule has 2 aliphatic rings. The van der Waals surface area contributed by atoms with Gasteiger partial charge in [0, 0.05) is 5.56 Å². The van der Waals surface area contributed by atoms with Gasteiger partial charge in [0.2, 0.25) is 0 Å². The van der Waals surface area contributed by atoms with Gasteiger partial charge in [0.15, 0.2) is 0 Å². The van der Waals surface area contributed by atoms with Crippen molar-refractivity contribution < 1.29 is 13.0 Å². The summed E-state index contributed by atoms with van der Waals surface area (Å²) in [6.45, 7) is 8.27. The highest BCUT2D eigenvalue weighted by atomic mass is 32.2. The molecule has 1 N–H and O–H groups in total. The fraction of sp³-hybridized carbons (Fsp3) is 0.412. The van der Waals surface area contributed by atoms with Crippen LogP contribution >= 0.6 is 0 Å². The SMILES string of the molecule is CCCc1cc(S(=O)(=O)O)c2ccc(C(C)C)cc(C)c1-2. The molecule has 0 amide bonds. The number of hydrogen-bond donors (Lipinski definition) is 1. The maximum absolute atomic E-state index is 11.7. The predicted molar refractivity (Wildman–Crippen MR) is 85.7 cm³/mol. The van der Waals surface area contributed by atoms with Crippen LogP contribution in [0.2, 0.25) is 0 Å². The summed E-state index contributed by atoms with van der Waals surface area (Å²) >= 11 is 0. The van der Waals surface area contributed by atoms with Crippen LogP contribution in [0, 0.1) is 6.92 Å². The Morgan fingerprint density at radius 2 is 1.86 bits per heavy atom. The van der Waals surface area contributed by atoms with Gasteiger partial charge >= 0.3 is 0 Å². The molecule has 2 rings (SSSR count). The smallest absolute Gasteiger partial charge is 0.282 e. The molecule has 0 radical (unpaired) electrons. The average molecular weight is 306 g/mol. The Labute approximate surface area is 127 Å². The molecule has 0 heterocycles. The normalized spacial score (nSPS) is 12.3. The summed E-state index contributed by atoms with van der Waals surface area (Å²) in [7, 11) is -4.21. The molecule has 3 nitrogen and oxygen atoms in total. The second kappa shape index (κ2) is 5.78. The number of hydrogen-bond acceptors (Lipinski definition) is 2. The molecule has 0 saturated carbocycles. The molecule has 21 heavy (non-hydrogen) atoms. The largest absolute Gasteiger partial charge is 0.295 e. The van der Waals surface area contributed by atoms with Gasteiger partial charge in [-0.1, -0.05) is 45.4 Å². The van der Waals surface area contributed by atoms with Crippen LogP contribution in [0.4, 0.5) is 0 Å². The first-order valence-corrected chi connectivity index (χ1v) is 8.73. The summed E-state index contributed by atoms with van der Waals surface area (Å²) < 4.78 is 32.8. The minimum Gasteiger partial charge on any atom is -0.282 e. The highest BCUT2D eigenvalue weighted by molar-refractivity contribution is 7.86. The first-order valence-electron chi connectivity index (χ1n) is 7.29. The zero-order valence-corrected chi connectivity index (χ0v) is 13.8. The van der Waals surface area contributed by atoms with Crippen molar-refractivity contribution in [2.75, 3.05) is 0 Å². The van der Waals surface area contributed by atoms with E-state index in [4.69, 9.17) is 0 Å². The zero-order chi connectivity index (χ0) is 15.8. The van der Waals surface area contributed by atoms with Crippen molar-refractivity contribution in [3.63, 3.8) is 0 Å². The lowest BCUT2D eigenvalue weighted by Gasteiger charge is -2.05. The van der Waals surface area contributed by atoms with Gasteiger partial charge in [-0.25, -0.2) is 0 Å². The van der Waals surface area contributed by atoms with E-state index in [1.807, 2.05) is 19.1 Å². The Bertz CT molecular complexity index is 730. The van der Waals surface area contributed by atoms with Crippen LogP contribution in [0.5, 0.6) is 0 Å². The monoisotopic (exact) mass is 306 g/mol. The van der Waals surface area contributed by atoms with E-state index in [0.29, 0.717) is 11.5 Å². The van der Waals surface area contributed by atoms with Crippen molar-refractivity contribution in [1.82, 2.24) is 0 Å². The molecule has 0 atom stereocenters. The third-order valence-electron chi connectivity index (χ3n) is 3.85. The first kappa shape index (κ1) is 16.0. The highest BCUT2D eigenvalue weighted by Crippen LogP contribution is 2.38. The summed E-state index contributed by atoms with van der Waals surface area (Å²) in [5.74, 6) is 0.365. The average Bonchev–Trinajstić information content (AvgIpc) is 2.63. The Morgan fingerprint density at radius 3 is 2.38 bits per heavy atom. The van der Waals surface area contributed by atoms with E-state index >= 15 is 0 Å². The van der Waals surface area contributed by atoms with E-state index < -0.39 is 10.1 Å². The molecule has 0 unspecified atom stereocenters. The Balaban J connectivity index is 2.83. The molecular weight excluding hydrogens is 284 g/mol. The lowest BCUT2D eigenvalue weighted by molar-refractivity contribution is 0.484. The zero-order valence-electron chi connectivity index (χ0n) is 13.0. The maximum Gasteiger partial charge on any atom is 0.295 e. The standard InChI is InChI=1S/C17H22O3S/c1-5-6-14-10-16(21(18,19)20)15-8-7-13(11(2)3)9-12(4)17(14)15/h7-11H,5-6H2,1-4H3,(H,18,19,20). The Hall–Kier alpha value is -1.39. The molecule has 0 saturated heterocycles. The Kier molecular flexibility index (Phi) is 4.40. The molecule has 0 aromatic heterocycles. The van der Waals surface area contributed by atoms with Gasteiger partial charge in [-0.3, -0.25) is 4.55 Å². The molecule has 0 aromatic rings. The second-order valence-corrected chi connectivity index (χ2v) is 7.25. The molecule has 0 spiro atoms. The van der Waals surface area contributed by atoms with Crippen molar-refractivity contribution in [1.29, 1.82) is 0 Å². The summed E-state index contributed by atoms with van der Waals surface area (Å²) in [4.78, 5) is 0.0231. The van der Waals surface area contributed by atoms with Crippen molar-refractivity contribution >= 4 is 10.1 Å². The molecule has 0 aliphatic heterocycles. The summed E-state index contributed by atoms with van der Waals surface area (Å²) in [5.41, 5.74) is 4.77. The summed E-state index contributed by atoms with van der Waals surface area (Å²) in [6, 6.07) is 7.50. The van der Waals surface area contributed by atoms with E-state index in [9.17, 15) is 13.0 Å². The molecule has 0 bridgehead atoms. The lowest BCUT2D eigenvalue weighted by Crippen LogP contribution is -1.97. The lowest BCUT2D eigenvalue weighted by atomic mass is 10.0. The summed E-state index contributed by atoms with van der Waals surface area (Å²) in [6.07, 6.45) is 1.73. The van der Waals surface area contributed by atoms with Crippen LogP contribution in [-0.4, -0.2) is 13.0 Å². The molecular formula is C17H22O3S. The highest BCUT2D eigenvalue weighted by Gasteiger charge is 2.24. The maximum atomic E-state index is 11.7. The molecule has 114 valence electrons. The third kappa shape index (κ3) is 3.11. The number of fused-ring (bicyclic) bond motifs is 1. The van der Waals surface area contributed by atoms with E-state index in [2.05, 4.69) is 26.8 Å². The van der Waals surface area contributed by atoms with Gasteiger partial charge in [0.05, 0.1) is 0 Å².